The highest BCUT2D eigenvalue weighted by Gasteiger charge is 2.45. The summed E-state index contributed by atoms with van der Waals surface area (Å²) < 4.78 is 5.10. The standard InChI is InChI=1S/C32H44N4/c1-31(2)25-15-9-11-17-27(25)35(29(31)19-23-33(5)6)21-13-14-22-36-28-18-12-10-16-26(28)32(3,4)30(36)20-24-34(7)8/h9-12,15-20,23-24H,13-14,21-22H2,1-8H3/q+2. The van der Waals surface area contributed by atoms with E-state index < -0.39 is 0 Å². The van der Waals surface area contributed by atoms with Gasteiger partial charge in [-0.3, -0.25) is 0 Å². The van der Waals surface area contributed by atoms with Gasteiger partial charge in [0.15, 0.2) is 11.4 Å². The highest BCUT2D eigenvalue weighted by atomic mass is 15.1. The van der Waals surface area contributed by atoms with Crippen LogP contribution in [0.2, 0.25) is 0 Å². The van der Waals surface area contributed by atoms with Crippen molar-refractivity contribution >= 4 is 22.8 Å². The van der Waals surface area contributed by atoms with Crippen LogP contribution in [0.15, 0.2) is 73.1 Å². The van der Waals surface area contributed by atoms with Crippen LogP contribution in [0.1, 0.15) is 51.7 Å². The number of para-hydroxylation sites is 2. The summed E-state index contributed by atoms with van der Waals surface area (Å²) in [5.41, 5.74) is 8.31. The van der Waals surface area contributed by atoms with Gasteiger partial charge in [0.05, 0.1) is 10.8 Å². The molecule has 2 aromatic carbocycles. The molecule has 0 N–H and O–H groups in total. The number of hydrogen-bond donors (Lipinski definition) is 0. The Balaban J connectivity index is 1.59. The molecule has 0 aliphatic carbocycles. The molecule has 2 aliphatic heterocycles. The fraction of sp³-hybridized carbons (Fsp3) is 0.438. The molecule has 0 aromatic heterocycles. The lowest BCUT2D eigenvalue weighted by Crippen LogP contribution is -2.29. The Kier molecular flexibility index (Phi) is 7.26. The molecule has 0 saturated heterocycles. The Hall–Kier alpha value is -3.14. The van der Waals surface area contributed by atoms with Crippen molar-refractivity contribution in [3.05, 3.63) is 84.2 Å². The van der Waals surface area contributed by atoms with E-state index in [1.807, 2.05) is 0 Å². The highest BCUT2D eigenvalue weighted by Crippen LogP contribution is 2.41. The number of hydrogen-bond acceptors (Lipinski definition) is 2. The molecule has 2 aliphatic rings. The first-order chi connectivity index (χ1) is 17.0. The summed E-state index contributed by atoms with van der Waals surface area (Å²) in [4.78, 5) is 4.24. The highest BCUT2D eigenvalue weighted by molar-refractivity contribution is 6.03. The van der Waals surface area contributed by atoms with Crippen LogP contribution in [-0.4, -0.2) is 71.7 Å². The Morgan fingerprint density at radius 2 is 0.972 bits per heavy atom. The molecule has 0 unspecified atom stereocenters. The van der Waals surface area contributed by atoms with E-state index in [0.717, 1.165) is 25.9 Å². The summed E-state index contributed by atoms with van der Waals surface area (Å²) >= 11 is 0. The van der Waals surface area contributed by atoms with Gasteiger partial charge < -0.3 is 9.80 Å². The lowest BCUT2D eigenvalue weighted by molar-refractivity contribution is -0.451. The van der Waals surface area contributed by atoms with E-state index in [1.54, 1.807) is 0 Å². The predicted molar refractivity (Wildman–Crippen MR) is 153 cm³/mol. The zero-order chi connectivity index (χ0) is 26.1. The Morgan fingerprint density at radius 3 is 1.33 bits per heavy atom. The van der Waals surface area contributed by atoms with Crippen molar-refractivity contribution < 1.29 is 9.15 Å². The molecule has 0 saturated carbocycles. The van der Waals surface area contributed by atoms with Gasteiger partial charge in [0.25, 0.3) is 0 Å². The van der Waals surface area contributed by atoms with Gasteiger partial charge in [0.1, 0.15) is 13.1 Å². The van der Waals surface area contributed by atoms with Gasteiger partial charge in [-0.15, -0.1) is 0 Å². The van der Waals surface area contributed by atoms with Gasteiger partial charge in [-0.2, -0.15) is 9.15 Å². The second kappa shape index (κ2) is 10.1. The van der Waals surface area contributed by atoms with Crippen LogP contribution in [0.4, 0.5) is 11.4 Å². The zero-order valence-corrected chi connectivity index (χ0v) is 23.5. The summed E-state index contributed by atoms with van der Waals surface area (Å²) in [5.74, 6) is 0. The van der Waals surface area contributed by atoms with Crippen LogP contribution >= 0.6 is 0 Å². The SMILES string of the molecule is CN(C)C=CC1=[N+](CCCC[N+]2=C(C=CN(C)C)C(C)(C)c3ccccc32)c2ccccc2C1(C)C. The van der Waals surface area contributed by atoms with Crippen molar-refractivity contribution in [1.29, 1.82) is 0 Å². The summed E-state index contributed by atoms with van der Waals surface area (Å²) in [7, 11) is 8.35. The van der Waals surface area contributed by atoms with Crippen LogP contribution in [0, 0.1) is 0 Å². The Morgan fingerprint density at radius 1 is 0.611 bits per heavy atom. The third kappa shape index (κ3) is 4.78. The molecule has 0 radical (unpaired) electrons. The average molecular weight is 485 g/mol. The van der Waals surface area contributed by atoms with Crippen molar-refractivity contribution in [2.45, 2.75) is 51.4 Å². The summed E-state index contributed by atoms with van der Waals surface area (Å²) in [6.45, 7) is 11.4. The fourth-order valence-corrected chi connectivity index (χ4v) is 5.74. The maximum atomic E-state index is 2.55. The van der Waals surface area contributed by atoms with Crippen LogP contribution in [0.5, 0.6) is 0 Å². The molecule has 0 spiro atoms. The molecule has 0 bridgehead atoms. The van der Waals surface area contributed by atoms with E-state index in [1.165, 1.54) is 33.9 Å². The molecule has 4 heteroatoms. The first-order valence-corrected chi connectivity index (χ1v) is 13.2. The van der Waals surface area contributed by atoms with Crippen molar-refractivity contribution in [1.82, 2.24) is 9.80 Å². The molecular formula is C32H44N4+2. The molecule has 0 atom stereocenters. The number of benzene rings is 2. The molecule has 36 heavy (non-hydrogen) atoms. The van der Waals surface area contributed by atoms with Crippen LogP contribution in [-0.2, 0) is 10.8 Å². The van der Waals surface area contributed by atoms with Gasteiger partial charge in [0, 0.05) is 88.8 Å². The van der Waals surface area contributed by atoms with Crippen molar-refractivity contribution in [3.8, 4) is 0 Å². The number of allylic oxidation sites excluding steroid dienone is 2. The number of rotatable bonds is 9. The molecule has 190 valence electrons. The lowest BCUT2D eigenvalue weighted by Gasteiger charge is -2.16. The molecule has 0 fully saturated rings. The van der Waals surface area contributed by atoms with Crippen molar-refractivity contribution in [3.63, 3.8) is 0 Å². The Bertz CT molecular complexity index is 1140. The topological polar surface area (TPSA) is 12.5 Å². The van der Waals surface area contributed by atoms with Crippen molar-refractivity contribution in [2.24, 2.45) is 0 Å². The molecule has 4 nitrogen and oxygen atoms in total. The first-order valence-electron chi connectivity index (χ1n) is 13.2. The maximum absolute atomic E-state index is 2.55. The van der Waals surface area contributed by atoms with E-state index in [9.17, 15) is 0 Å². The van der Waals surface area contributed by atoms with E-state index in [4.69, 9.17) is 0 Å². The first kappa shape index (κ1) is 25.9. The van der Waals surface area contributed by atoms with E-state index in [0.29, 0.717) is 0 Å². The molecule has 0 amide bonds. The maximum Gasteiger partial charge on any atom is 0.209 e. The van der Waals surface area contributed by atoms with E-state index in [2.05, 4.69) is 148 Å². The lowest BCUT2D eigenvalue weighted by atomic mass is 9.81. The molecule has 2 aromatic rings. The van der Waals surface area contributed by atoms with Gasteiger partial charge in [-0.05, 0) is 27.7 Å². The van der Waals surface area contributed by atoms with Crippen LogP contribution in [0.3, 0.4) is 0 Å². The van der Waals surface area contributed by atoms with Crippen LogP contribution < -0.4 is 0 Å². The van der Waals surface area contributed by atoms with E-state index >= 15 is 0 Å². The van der Waals surface area contributed by atoms with Gasteiger partial charge >= 0.3 is 0 Å². The number of fused-ring (bicyclic) bond motifs is 2. The fourth-order valence-electron chi connectivity index (χ4n) is 5.74. The quantitative estimate of drug-likeness (QED) is 0.316. The third-order valence-electron chi connectivity index (χ3n) is 7.67. The Labute approximate surface area is 218 Å². The second-order valence-electron chi connectivity index (χ2n) is 11.6. The molecule has 2 heterocycles. The third-order valence-corrected chi connectivity index (χ3v) is 7.67. The van der Waals surface area contributed by atoms with Gasteiger partial charge in [-0.25, -0.2) is 0 Å². The van der Waals surface area contributed by atoms with Gasteiger partial charge in [0.2, 0.25) is 11.4 Å². The minimum absolute atomic E-state index is 0.00105. The summed E-state index contributed by atoms with van der Waals surface area (Å²) in [6.07, 6.45) is 11.2. The number of nitrogens with zero attached hydrogens (tertiary/aromatic N) is 4. The monoisotopic (exact) mass is 484 g/mol. The van der Waals surface area contributed by atoms with Crippen molar-refractivity contribution in [2.75, 3.05) is 41.3 Å². The predicted octanol–water partition coefficient (Wildman–Crippen LogP) is 6.07. The summed E-state index contributed by atoms with van der Waals surface area (Å²) in [5, 5.41) is 0. The van der Waals surface area contributed by atoms with Crippen LogP contribution in [0.25, 0.3) is 0 Å². The largest absolute Gasteiger partial charge is 0.383 e. The normalized spacial score (nSPS) is 17.9. The zero-order valence-electron chi connectivity index (χ0n) is 23.5. The smallest absolute Gasteiger partial charge is 0.209 e. The van der Waals surface area contributed by atoms with E-state index in [-0.39, 0.29) is 10.8 Å². The minimum atomic E-state index is -0.00105. The molecule has 4 rings (SSSR count). The second-order valence-corrected chi connectivity index (χ2v) is 11.6. The minimum Gasteiger partial charge on any atom is -0.383 e. The molecular weight excluding hydrogens is 440 g/mol. The number of unbranched alkanes of at least 4 members (excludes halogenated alkanes) is 1. The van der Waals surface area contributed by atoms with Gasteiger partial charge in [-0.1, -0.05) is 36.4 Å². The average Bonchev–Trinajstić information content (AvgIpc) is 3.18. The summed E-state index contributed by atoms with van der Waals surface area (Å²) in [6, 6.07) is 17.8.